The van der Waals surface area contributed by atoms with Crippen molar-refractivity contribution >= 4 is 46.2 Å². The summed E-state index contributed by atoms with van der Waals surface area (Å²) < 4.78 is 5.73. The van der Waals surface area contributed by atoms with E-state index in [0.29, 0.717) is 33.9 Å². The van der Waals surface area contributed by atoms with Crippen LogP contribution in [-0.2, 0) is 11.2 Å². The number of hydrogen-bond donors (Lipinski definition) is 2. The van der Waals surface area contributed by atoms with Gasteiger partial charge in [-0.3, -0.25) is 4.79 Å². The van der Waals surface area contributed by atoms with Crippen LogP contribution in [0.25, 0.3) is 0 Å². The second-order valence-electron chi connectivity index (χ2n) is 7.34. The van der Waals surface area contributed by atoms with Gasteiger partial charge in [0.1, 0.15) is 5.75 Å². The lowest BCUT2D eigenvalue weighted by Crippen LogP contribution is -2.15. The summed E-state index contributed by atoms with van der Waals surface area (Å²) in [7, 11) is 0. The third kappa shape index (κ3) is 6.15. The summed E-state index contributed by atoms with van der Waals surface area (Å²) in [6.45, 7) is 4.81. The van der Waals surface area contributed by atoms with Gasteiger partial charge < -0.3 is 15.4 Å². The number of carbonyl (C=O) groups excluding carboxylic acids is 1. The molecule has 0 saturated heterocycles. The van der Waals surface area contributed by atoms with E-state index in [1.165, 1.54) is 0 Å². The Morgan fingerprint density at radius 2 is 1.67 bits per heavy atom. The number of ether oxygens (including phenoxy) is 1. The van der Waals surface area contributed by atoms with E-state index in [4.69, 9.17) is 27.9 Å². The van der Waals surface area contributed by atoms with E-state index in [0.717, 1.165) is 17.0 Å². The van der Waals surface area contributed by atoms with Crippen LogP contribution in [0.3, 0.4) is 0 Å². The maximum atomic E-state index is 12.7. The average Bonchev–Trinajstić information content (AvgIpc) is 2.71. The van der Waals surface area contributed by atoms with Crippen molar-refractivity contribution in [3.05, 3.63) is 82.3 Å². The van der Waals surface area contributed by atoms with Crippen molar-refractivity contribution in [1.82, 2.24) is 0 Å². The molecule has 0 heterocycles. The van der Waals surface area contributed by atoms with Gasteiger partial charge in [0.2, 0.25) is 5.91 Å². The average molecular weight is 443 g/mol. The molecular formula is C24H24Cl2N2O2. The van der Waals surface area contributed by atoms with Gasteiger partial charge in [-0.05, 0) is 41.8 Å². The van der Waals surface area contributed by atoms with Crippen molar-refractivity contribution < 1.29 is 9.53 Å². The molecule has 0 bridgehead atoms. The second kappa shape index (κ2) is 10.4. The number of para-hydroxylation sites is 2. The van der Waals surface area contributed by atoms with Crippen LogP contribution in [0.1, 0.15) is 19.4 Å². The Hall–Kier alpha value is -2.69. The zero-order valence-electron chi connectivity index (χ0n) is 16.9. The smallest absolute Gasteiger partial charge is 0.228 e. The quantitative estimate of drug-likeness (QED) is 0.396. The SMILES string of the molecule is CC(C)COc1cccc(NC(=O)Cc2ccccc2Nc2c(Cl)cccc2Cl)c1. The normalized spacial score (nSPS) is 10.7. The number of rotatable bonds is 8. The lowest BCUT2D eigenvalue weighted by molar-refractivity contribution is -0.115. The van der Waals surface area contributed by atoms with E-state index in [2.05, 4.69) is 24.5 Å². The number of halogens is 2. The van der Waals surface area contributed by atoms with E-state index >= 15 is 0 Å². The summed E-state index contributed by atoms with van der Waals surface area (Å²) in [4.78, 5) is 12.7. The molecule has 6 heteroatoms. The van der Waals surface area contributed by atoms with E-state index in [1.54, 1.807) is 18.2 Å². The highest BCUT2D eigenvalue weighted by Crippen LogP contribution is 2.33. The zero-order chi connectivity index (χ0) is 21.5. The molecule has 0 fully saturated rings. The highest BCUT2D eigenvalue weighted by Gasteiger charge is 2.12. The standard InChI is InChI=1S/C24H24Cl2N2O2/c1-16(2)15-30-19-9-5-8-18(14-19)27-23(29)13-17-7-3-4-12-22(17)28-24-20(25)10-6-11-21(24)26/h3-12,14,16,28H,13,15H2,1-2H3,(H,27,29). The molecule has 1 amide bonds. The van der Waals surface area contributed by atoms with Gasteiger partial charge in [0, 0.05) is 17.4 Å². The molecule has 0 unspecified atom stereocenters. The van der Waals surface area contributed by atoms with Crippen LogP contribution in [0.2, 0.25) is 10.0 Å². The Labute approximate surface area is 187 Å². The molecule has 0 aromatic heterocycles. The Morgan fingerprint density at radius 3 is 2.40 bits per heavy atom. The Morgan fingerprint density at radius 1 is 0.967 bits per heavy atom. The van der Waals surface area contributed by atoms with Crippen LogP contribution in [-0.4, -0.2) is 12.5 Å². The molecule has 3 aromatic carbocycles. The van der Waals surface area contributed by atoms with E-state index in [1.807, 2.05) is 48.5 Å². The number of benzene rings is 3. The fourth-order valence-corrected chi connectivity index (χ4v) is 3.34. The molecule has 0 radical (unpaired) electrons. The lowest BCUT2D eigenvalue weighted by Gasteiger charge is -2.15. The predicted molar refractivity (Wildman–Crippen MR) is 125 cm³/mol. The maximum absolute atomic E-state index is 12.7. The summed E-state index contributed by atoms with van der Waals surface area (Å²) in [5, 5.41) is 7.21. The largest absolute Gasteiger partial charge is 0.493 e. The molecule has 2 N–H and O–H groups in total. The molecule has 0 saturated carbocycles. The third-order valence-corrected chi connectivity index (χ3v) is 4.92. The lowest BCUT2D eigenvalue weighted by atomic mass is 10.1. The number of hydrogen-bond acceptors (Lipinski definition) is 3. The van der Waals surface area contributed by atoms with Crippen LogP contribution in [0.15, 0.2) is 66.7 Å². The van der Waals surface area contributed by atoms with Gasteiger partial charge in [-0.2, -0.15) is 0 Å². The first-order valence-corrected chi connectivity index (χ1v) is 10.5. The molecule has 0 aliphatic rings. The summed E-state index contributed by atoms with van der Waals surface area (Å²) in [6.07, 6.45) is 0.197. The Bertz CT molecular complexity index is 1000. The van der Waals surface area contributed by atoms with Crippen LogP contribution >= 0.6 is 23.2 Å². The summed E-state index contributed by atoms with van der Waals surface area (Å²) in [6, 6.07) is 20.3. The van der Waals surface area contributed by atoms with Crippen LogP contribution in [0, 0.1) is 5.92 Å². The molecule has 3 aromatic rings. The van der Waals surface area contributed by atoms with E-state index < -0.39 is 0 Å². The van der Waals surface area contributed by atoms with Crippen molar-refractivity contribution in [2.75, 3.05) is 17.2 Å². The highest BCUT2D eigenvalue weighted by atomic mass is 35.5. The van der Waals surface area contributed by atoms with Gasteiger partial charge in [0.15, 0.2) is 0 Å². The molecule has 0 aliphatic heterocycles. The number of amides is 1. The first-order valence-electron chi connectivity index (χ1n) is 9.74. The fraction of sp³-hybridized carbons (Fsp3) is 0.208. The van der Waals surface area contributed by atoms with E-state index in [-0.39, 0.29) is 12.3 Å². The van der Waals surface area contributed by atoms with Crippen molar-refractivity contribution in [2.45, 2.75) is 20.3 Å². The molecule has 0 aliphatic carbocycles. The Kier molecular flexibility index (Phi) is 7.61. The van der Waals surface area contributed by atoms with Gasteiger partial charge >= 0.3 is 0 Å². The molecular weight excluding hydrogens is 419 g/mol. The van der Waals surface area contributed by atoms with Gasteiger partial charge in [-0.25, -0.2) is 0 Å². The predicted octanol–water partition coefficient (Wildman–Crippen LogP) is 6.95. The number of carbonyl (C=O) groups is 1. The van der Waals surface area contributed by atoms with Gasteiger partial charge in [-0.1, -0.05) is 67.4 Å². The van der Waals surface area contributed by atoms with Crippen molar-refractivity contribution in [3.8, 4) is 5.75 Å². The van der Waals surface area contributed by atoms with Crippen molar-refractivity contribution in [1.29, 1.82) is 0 Å². The minimum absolute atomic E-state index is 0.129. The van der Waals surface area contributed by atoms with Crippen LogP contribution in [0.5, 0.6) is 5.75 Å². The zero-order valence-corrected chi connectivity index (χ0v) is 18.4. The molecule has 4 nitrogen and oxygen atoms in total. The first-order chi connectivity index (χ1) is 14.4. The molecule has 0 spiro atoms. The van der Waals surface area contributed by atoms with Gasteiger partial charge in [0.25, 0.3) is 0 Å². The summed E-state index contributed by atoms with van der Waals surface area (Å²) in [5.41, 5.74) is 2.92. The molecule has 156 valence electrons. The van der Waals surface area contributed by atoms with Crippen molar-refractivity contribution in [3.63, 3.8) is 0 Å². The summed E-state index contributed by atoms with van der Waals surface area (Å²) >= 11 is 12.5. The minimum atomic E-state index is -0.129. The highest BCUT2D eigenvalue weighted by molar-refractivity contribution is 6.39. The molecule has 30 heavy (non-hydrogen) atoms. The maximum Gasteiger partial charge on any atom is 0.228 e. The van der Waals surface area contributed by atoms with Crippen LogP contribution < -0.4 is 15.4 Å². The Balaban J connectivity index is 1.70. The molecule has 3 rings (SSSR count). The first kappa shape index (κ1) is 22.0. The third-order valence-electron chi connectivity index (χ3n) is 4.29. The monoisotopic (exact) mass is 442 g/mol. The topological polar surface area (TPSA) is 50.4 Å². The van der Waals surface area contributed by atoms with Gasteiger partial charge in [0.05, 0.1) is 28.8 Å². The second-order valence-corrected chi connectivity index (χ2v) is 8.15. The summed E-state index contributed by atoms with van der Waals surface area (Å²) in [5.74, 6) is 1.03. The number of nitrogens with one attached hydrogen (secondary N) is 2. The van der Waals surface area contributed by atoms with Gasteiger partial charge in [-0.15, -0.1) is 0 Å². The molecule has 0 atom stereocenters. The van der Waals surface area contributed by atoms with E-state index in [9.17, 15) is 4.79 Å². The minimum Gasteiger partial charge on any atom is -0.493 e. The number of anilines is 3. The van der Waals surface area contributed by atoms with Crippen molar-refractivity contribution in [2.24, 2.45) is 5.92 Å². The van der Waals surface area contributed by atoms with Crippen LogP contribution in [0.4, 0.5) is 17.1 Å². The fourth-order valence-electron chi connectivity index (χ4n) is 2.85.